The van der Waals surface area contributed by atoms with E-state index in [1.165, 1.54) is 0 Å². The van der Waals surface area contributed by atoms with E-state index in [4.69, 9.17) is 21.1 Å². The highest BCUT2D eigenvalue weighted by atomic mass is 35.5. The van der Waals surface area contributed by atoms with Crippen LogP contribution in [-0.2, 0) is 4.79 Å². The molecule has 3 aromatic rings. The maximum absolute atomic E-state index is 12.3. The van der Waals surface area contributed by atoms with Crippen molar-refractivity contribution >= 4 is 28.3 Å². The number of aryl methyl sites for hydroxylation is 2. The first-order valence-electron chi connectivity index (χ1n) is 9.27. The summed E-state index contributed by atoms with van der Waals surface area (Å²) < 4.78 is 11.6. The molecule has 0 fully saturated rings. The molecule has 0 aliphatic carbocycles. The predicted molar refractivity (Wildman–Crippen MR) is 113 cm³/mol. The summed E-state index contributed by atoms with van der Waals surface area (Å²) in [5.41, 5.74) is 1.85. The first-order valence-corrected chi connectivity index (χ1v) is 9.65. The number of hydrogen-bond acceptors (Lipinski definition) is 3. The minimum Gasteiger partial charge on any atom is -0.491 e. The number of carbonyl (C=O) groups is 1. The van der Waals surface area contributed by atoms with Crippen molar-refractivity contribution in [1.29, 1.82) is 0 Å². The fourth-order valence-corrected chi connectivity index (χ4v) is 3.14. The molecule has 0 aliphatic rings. The van der Waals surface area contributed by atoms with Gasteiger partial charge in [0.15, 0.2) is 6.10 Å². The van der Waals surface area contributed by atoms with Crippen LogP contribution in [0.1, 0.15) is 18.1 Å². The number of carbonyl (C=O) groups excluding carboxylic acids is 1. The van der Waals surface area contributed by atoms with E-state index in [0.717, 1.165) is 32.7 Å². The van der Waals surface area contributed by atoms with Crippen molar-refractivity contribution in [2.24, 2.45) is 0 Å². The minimum absolute atomic E-state index is 0.188. The standard InChI is InChI=1S/C23H24ClNO3/c1-15-13-19(14-16(2)22(15)24)28-17(3)23(26)25-11-12-27-21-10-6-8-18-7-4-5-9-20(18)21/h4-10,13-14,17H,11-12H2,1-3H3,(H,25,26)/t17-/m0/s1. The van der Waals surface area contributed by atoms with Gasteiger partial charge in [0.25, 0.3) is 5.91 Å². The fraction of sp³-hybridized carbons (Fsp3) is 0.261. The Balaban J connectivity index is 1.50. The van der Waals surface area contributed by atoms with E-state index < -0.39 is 6.10 Å². The summed E-state index contributed by atoms with van der Waals surface area (Å²) in [6.07, 6.45) is -0.613. The van der Waals surface area contributed by atoms with Gasteiger partial charge in [-0.15, -0.1) is 0 Å². The Labute approximate surface area is 170 Å². The Bertz CT molecular complexity index is 958. The van der Waals surface area contributed by atoms with Gasteiger partial charge in [-0.2, -0.15) is 0 Å². The molecule has 0 saturated carbocycles. The summed E-state index contributed by atoms with van der Waals surface area (Å²) in [5, 5.41) is 5.75. The first-order chi connectivity index (χ1) is 13.5. The SMILES string of the molecule is Cc1cc(O[C@@H](C)C(=O)NCCOc2cccc3ccccc23)cc(C)c1Cl. The van der Waals surface area contributed by atoms with E-state index >= 15 is 0 Å². The highest BCUT2D eigenvalue weighted by Gasteiger charge is 2.15. The molecule has 1 N–H and O–H groups in total. The monoisotopic (exact) mass is 397 g/mol. The average molecular weight is 398 g/mol. The van der Waals surface area contributed by atoms with Crippen LogP contribution in [0.5, 0.6) is 11.5 Å². The van der Waals surface area contributed by atoms with Crippen LogP contribution in [0, 0.1) is 13.8 Å². The lowest BCUT2D eigenvalue weighted by Gasteiger charge is -2.16. The molecule has 0 saturated heterocycles. The summed E-state index contributed by atoms with van der Waals surface area (Å²) in [6, 6.07) is 17.7. The van der Waals surface area contributed by atoms with Crippen LogP contribution < -0.4 is 14.8 Å². The van der Waals surface area contributed by atoms with Gasteiger partial charge >= 0.3 is 0 Å². The predicted octanol–water partition coefficient (Wildman–Crippen LogP) is 5.07. The third-order valence-corrected chi connectivity index (χ3v) is 5.10. The number of ether oxygens (including phenoxy) is 2. The minimum atomic E-state index is -0.613. The quantitative estimate of drug-likeness (QED) is 0.566. The number of nitrogens with one attached hydrogen (secondary N) is 1. The van der Waals surface area contributed by atoms with Crippen molar-refractivity contribution in [2.75, 3.05) is 13.2 Å². The van der Waals surface area contributed by atoms with Crippen LogP contribution in [0.2, 0.25) is 5.02 Å². The lowest BCUT2D eigenvalue weighted by atomic mass is 10.1. The van der Waals surface area contributed by atoms with E-state index in [9.17, 15) is 4.79 Å². The largest absolute Gasteiger partial charge is 0.491 e. The van der Waals surface area contributed by atoms with Crippen LogP contribution in [-0.4, -0.2) is 25.2 Å². The molecule has 4 nitrogen and oxygen atoms in total. The molecule has 1 atom stereocenters. The van der Waals surface area contributed by atoms with Crippen LogP contribution in [0.15, 0.2) is 54.6 Å². The number of rotatable bonds is 7. The summed E-state index contributed by atoms with van der Waals surface area (Å²) in [4.78, 5) is 12.3. The molecular weight excluding hydrogens is 374 g/mol. The van der Waals surface area contributed by atoms with Gasteiger partial charge in [0, 0.05) is 10.4 Å². The molecule has 1 amide bonds. The lowest BCUT2D eigenvalue weighted by molar-refractivity contribution is -0.127. The topological polar surface area (TPSA) is 47.6 Å². The van der Waals surface area contributed by atoms with Crippen LogP contribution >= 0.6 is 11.6 Å². The van der Waals surface area contributed by atoms with Crippen molar-refractivity contribution in [2.45, 2.75) is 26.9 Å². The van der Waals surface area contributed by atoms with Gasteiger partial charge in [-0.25, -0.2) is 0 Å². The van der Waals surface area contributed by atoms with E-state index in [1.807, 2.05) is 68.4 Å². The van der Waals surface area contributed by atoms with E-state index in [2.05, 4.69) is 5.32 Å². The van der Waals surface area contributed by atoms with E-state index in [0.29, 0.717) is 18.9 Å². The molecule has 0 radical (unpaired) electrons. The summed E-state index contributed by atoms with van der Waals surface area (Å²) in [5.74, 6) is 1.25. The molecule has 0 unspecified atom stereocenters. The zero-order valence-corrected chi connectivity index (χ0v) is 17.0. The highest BCUT2D eigenvalue weighted by molar-refractivity contribution is 6.32. The Kier molecular flexibility index (Phi) is 6.42. The summed E-state index contributed by atoms with van der Waals surface area (Å²) in [6.45, 7) is 6.33. The molecule has 3 aromatic carbocycles. The molecule has 0 heterocycles. The Morgan fingerprint density at radius 3 is 2.50 bits per heavy atom. The normalized spacial score (nSPS) is 11.9. The van der Waals surface area contributed by atoms with E-state index in [1.54, 1.807) is 6.92 Å². The van der Waals surface area contributed by atoms with Crippen molar-refractivity contribution in [3.8, 4) is 11.5 Å². The van der Waals surface area contributed by atoms with Gasteiger partial charge in [0.2, 0.25) is 0 Å². The Morgan fingerprint density at radius 1 is 1.07 bits per heavy atom. The number of halogens is 1. The van der Waals surface area contributed by atoms with Gasteiger partial charge in [-0.05, 0) is 55.5 Å². The zero-order valence-electron chi connectivity index (χ0n) is 16.3. The maximum atomic E-state index is 12.3. The molecule has 0 aromatic heterocycles. The maximum Gasteiger partial charge on any atom is 0.260 e. The summed E-state index contributed by atoms with van der Waals surface area (Å²) >= 11 is 6.17. The number of amides is 1. The molecule has 28 heavy (non-hydrogen) atoms. The van der Waals surface area contributed by atoms with Crippen molar-refractivity contribution in [3.05, 3.63) is 70.7 Å². The zero-order chi connectivity index (χ0) is 20.1. The second-order valence-corrected chi connectivity index (χ2v) is 7.13. The van der Waals surface area contributed by atoms with Crippen LogP contribution in [0.4, 0.5) is 0 Å². The molecular formula is C23H24ClNO3. The first kappa shape index (κ1) is 20.0. The second-order valence-electron chi connectivity index (χ2n) is 6.75. The van der Waals surface area contributed by atoms with Crippen LogP contribution in [0.25, 0.3) is 10.8 Å². The molecule has 5 heteroatoms. The summed E-state index contributed by atoms with van der Waals surface area (Å²) in [7, 11) is 0. The second kappa shape index (κ2) is 8.98. The fourth-order valence-electron chi connectivity index (χ4n) is 3.03. The molecule has 0 bridgehead atoms. The van der Waals surface area contributed by atoms with Crippen molar-refractivity contribution in [3.63, 3.8) is 0 Å². The van der Waals surface area contributed by atoms with Gasteiger partial charge in [-0.1, -0.05) is 48.0 Å². The number of hydrogen-bond donors (Lipinski definition) is 1. The highest BCUT2D eigenvalue weighted by Crippen LogP contribution is 2.27. The molecule has 146 valence electrons. The van der Waals surface area contributed by atoms with Gasteiger partial charge < -0.3 is 14.8 Å². The Hall–Kier alpha value is -2.72. The van der Waals surface area contributed by atoms with Gasteiger partial charge in [0.1, 0.15) is 18.1 Å². The molecule has 3 rings (SSSR count). The smallest absolute Gasteiger partial charge is 0.260 e. The lowest BCUT2D eigenvalue weighted by Crippen LogP contribution is -2.38. The van der Waals surface area contributed by atoms with E-state index in [-0.39, 0.29) is 5.91 Å². The van der Waals surface area contributed by atoms with Gasteiger partial charge in [-0.3, -0.25) is 4.79 Å². The van der Waals surface area contributed by atoms with Gasteiger partial charge in [0.05, 0.1) is 6.54 Å². The van der Waals surface area contributed by atoms with Crippen molar-refractivity contribution < 1.29 is 14.3 Å². The third kappa shape index (κ3) is 4.76. The average Bonchev–Trinajstić information content (AvgIpc) is 2.69. The van der Waals surface area contributed by atoms with Crippen molar-refractivity contribution in [1.82, 2.24) is 5.32 Å². The molecule has 0 aliphatic heterocycles. The Morgan fingerprint density at radius 2 is 1.75 bits per heavy atom. The number of benzene rings is 3. The molecule has 0 spiro atoms. The van der Waals surface area contributed by atoms with Crippen LogP contribution in [0.3, 0.4) is 0 Å². The number of fused-ring (bicyclic) bond motifs is 1. The third-order valence-electron chi connectivity index (χ3n) is 4.50.